The molecule has 1 atom stereocenters. The van der Waals surface area contributed by atoms with Gasteiger partial charge in [-0.05, 0) is 41.7 Å². The van der Waals surface area contributed by atoms with Crippen molar-refractivity contribution in [3.8, 4) is 11.5 Å². The molecule has 1 heterocycles. The minimum atomic E-state index is -0.583. The first-order chi connectivity index (χ1) is 14.5. The third kappa shape index (κ3) is 6.37. The summed E-state index contributed by atoms with van der Waals surface area (Å²) < 4.78 is 16.1. The number of ether oxygens (including phenoxy) is 3. The Hall–Kier alpha value is -3.28. The van der Waals surface area contributed by atoms with Crippen LogP contribution in [0.1, 0.15) is 37.4 Å². The highest BCUT2D eigenvalue weighted by Gasteiger charge is 2.17. The van der Waals surface area contributed by atoms with Crippen molar-refractivity contribution in [2.24, 2.45) is 5.92 Å². The van der Waals surface area contributed by atoms with Crippen LogP contribution in [-0.4, -0.2) is 31.7 Å². The van der Waals surface area contributed by atoms with E-state index in [0.717, 1.165) is 17.5 Å². The molecule has 2 aromatic carbocycles. The Morgan fingerprint density at radius 1 is 1.07 bits per heavy atom. The Balaban J connectivity index is 1.51. The van der Waals surface area contributed by atoms with Gasteiger partial charge in [0.1, 0.15) is 13.2 Å². The molecule has 0 aliphatic carbocycles. The number of esters is 1. The van der Waals surface area contributed by atoms with Crippen molar-refractivity contribution >= 4 is 18.0 Å². The quantitative estimate of drug-likeness (QED) is 0.528. The molecule has 6 heteroatoms. The lowest BCUT2D eigenvalue weighted by atomic mass is 9.97. The molecule has 0 bridgehead atoms. The van der Waals surface area contributed by atoms with Crippen LogP contribution in [0, 0.1) is 5.92 Å². The zero-order valence-electron chi connectivity index (χ0n) is 17.3. The molecule has 0 aromatic heterocycles. The van der Waals surface area contributed by atoms with E-state index in [9.17, 15) is 9.59 Å². The van der Waals surface area contributed by atoms with Crippen molar-refractivity contribution < 1.29 is 23.8 Å². The number of hydrogen-bond donors (Lipinski definition) is 1. The number of fused-ring (bicyclic) bond motifs is 1. The third-order valence-corrected chi connectivity index (χ3v) is 4.57. The van der Waals surface area contributed by atoms with Crippen LogP contribution in [0.15, 0.2) is 54.6 Å². The van der Waals surface area contributed by atoms with Crippen LogP contribution < -0.4 is 14.8 Å². The molecule has 0 unspecified atom stereocenters. The van der Waals surface area contributed by atoms with Gasteiger partial charge in [-0.2, -0.15) is 0 Å². The van der Waals surface area contributed by atoms with Crippen molar-refractivity contribution in [2.75, 3.05) is 19.8 Å². The topological polar surface area (TPSA) is 73.9 Å². The second-order valence-electron chi connectivity index (χ2n) is 7.50. The van der Waals surface area contributed by atoms with Crippen LogP contribution >= 0.6 is 0 Å². The predicted molar refractivity (Wildman–Crippen MR) is 114 cm³/mol. The fourth-order valence-corrected chi connectivity index (χ4v) is 3.18. The lowest BCUT2D eigenvalue weighted by Gasteiger charge is -2.21. The van der Waals surface area contributed by atoms with E-state index in [4.69, 9.17) is 14.2 Å². The van der Waals surface area contributed by atoms with Gasteiger partial charge >= 0.3 is 5.97 Å². The van der Waals surface area contributed by atoms with Gasteiger partial charge in [-0.25, -0.2) is 4.79 Å². The molecule has 2 aromatic rings. The van der Waals surface area contributed by atoms with Crippen molar-refractivity contribution in [3.05, 3.63) is 65.7 Å². The van der Waals surface area contributed by atoms with Crippen molar-refractivity contribution in [1.82, 2.24) is 5.32 Å². The van der Waals surface area contributed by atoms with Crippen LogP contribution in [-0.2, 0) is 14.3 Å². The van der Waals surface area contributed by atoms with Gasteiger partial charge in [0.25, 0.3) is 5.91 Å². The number of carbonyl (C=O) groups is 2. The number of rotatable bonds is 8. The fraction of sp³-hybridized carbons (Fsp3) is 0.333. The Morgan fingerprint density at radius 2 is 1.80 bits per heavy atom. The summed E-state index contributed by atoms with van der Waals surface area (Å²) in [6, 6.07) is 15.1. The number of amides is 1. The average Bonchev–Trinajstić information content (AvgIpc) is 2.76. The normalized spacial score (nSPS) is 13.8. The lowest BCUT2D eigenvalue weighted by molar-refractivity contribution is -0.144. The maximum Gasteiger partial charge on any atom is 0.331 e. The molecule has 1 amide bonds. The molecule has 0 radical (unpaired) electrons. The molecule has 1 N–H and O–H groups in total. The van der Waals surface area contributed by atoms with Crippen LogP contribution in [0.3, 0.4) is 0 Å². The Labute approximate surface area is 176 Å². The summed E-state index contributed by atoms with van der Waals surface area (Å²) in [7, 11) is 0. The molecular formula is C24H27NO5. The molecule has 1 aliphatic heterocycles. The Bertz CT molecular complexity index is 892. The third-order valence-electron chi connectivity index (χ3n) is 4.57. The minimum Gasteiger partial charge on any atom is -0.486 e. The largest absolute Gasteiger partial charge is 0.486 e. The SMILES string of the molecule is CC(C)C[C@@H](NC(=O)COC(=O)/C=C/c1ccc2c(c1)OCCO2)c1ccccc1. The molecule has 0 saturated heterocycles. The highest BCUT2D eigenvalue weighted by molar-refractivity contribution is 5.89. The standard InChI is InChI=1S/C24H27NO5/c1-17(2)14-20(19-6-4-3-5-7-19)25-23(26)16-30-24(27)11-9-18-8-10-21-22(15-18)29-13-12-28-21/h3-11,15,17,20H,12-14,16H2,1-2H3,(H,25,26)/b11-9+/t20-/m1/s1. The second-order valence-corrected chi connectivity index (χ2v) is 7.50. The van der Waals surface area contributed by atoms with E-state index in [2.05, 4.69) is 19.2 Å². The van der Waals surface area contributed by atoms with Gasteiger partial charge in [-0.1, -0.05) is 50.2 Å². The van der Waals surface area contributed by atoms with Gasteiger partial charge in [-0.15, -0.1) is 0 Å². The van der Waals surface area contributed by atoms with E-state index in [0.29, 0.717) is 30.6 Å². The summed E-state index contributed by atoms with van der Waals surface area (Å²) in [6.07, 6.45) is 3.71. The van der Waals surface area contributed by atoms with Crippen LogP contribution in [0.2, 0.25) is 0 Å². The number of nitrogens with one attached hydrogen (secondary N) is 1. The summed E-state index contributed by atoms with van der Waals surface area (Å²) >= 11 is 0. The smallest absolute Gasteiger partial charge is 0.331 e. The van der Waals surface area contributed by atoms with E-state index in [-0.39, 0.29) is 18.6 Å². The number of hydrogen-bond acceptors (Lipinski definition) is 5. The first-order valence-electron chi connectivity index (χ1n) is 10.1. The molecule has 0 saturated carbocycles. The van der Waals surface area contributed by atoms with E-state index in [1.54, 1.807) is 18.2 Å². The zero-order chi connectivity index (χ0) is 21.3. The molecule has 30 heavy (non-hydrogen) atoms. The van der Waals surface area contributed by atoms with E-state index >= 15 is 0 Å². The summed E-state index contributed by atoms with van der Waals surface area (Å²) in [4.78, 5) is 24.3. The average molecular weight is 409 g/mol. The van der Waals surface area contributed by atoms with Crippen LogP contribution in [0.25, 0.3) is 6.08 Å². The van der Waals surface area contributed by atoms with Crippen molar-refractivity contribution in [3.63, 3.8) is 0 Å². The minimum absolute atomic E-state index is 0.120. The Morgan fingerprint density at radius 3 is 2.53 bits per heavy atom. The molecule has 0 fully saturated rings. The molecular weight excluding hydrogens is 382 g/mol. The van der Waals surface area contributed by atoms with Crippen LogP contribution in [0.4, 0.5) is 0 Å². The van der Waals surface area contributed by atoms with Gasteiger partial charge in [0, 0.05) is 6.08 Å². The van der Waals surface area contributed by atoms with Crippen molar-refractivity contribution in [2.45, 2.75) is 26.3 Å². The molecule has 158 valence electrons. The van der Waals surface area contributed by atoms with Crippen molar-refractivity contribution in [1.29, 1.82) is 0 Å². The maximum absolute atomic E-state index is 12.3. The van der Waals surface area contributed by atoms with E-state index in [1.165, 1.54) is 6.08 Å². The van der Waals surface area contributed by atoms with Gasteiger partial charge < -0.3 is 19.5 Å². The fourth-order valence-electron chi connectivity index (χ4n) is 3.18. The lowest BCUT2D eigenvalue weighted by Crippen LogP contribution is -2.33. The van der Waals surface area contributed by atoms with Crippen LogP contribution in [0.5, 0.6) is 11.5 Å². The Kier molecular flexibility index (Phi) is 7.49. The number of carbonyl (C=O) groups excluding carboxylic acids is 2. The second kappa shape index (κ2) is 10.5. The zero-order valence-corrected chi connectivity index (χ0v) is 17.3. The first-order valence-corrected chi connectivity index (χ1v) is 10.1. The van der Waals surface area contributed by atoms with Gasteiger partial charge in [0.15, 0.2) is 18.1 Å². The monoisotopic (exact) mass is 409 g/mol. The predicted octanol–water partition coefficient (Wildman–Crippen LogP) is 3.92. The molecule has 0 spiro atoms. The van der Waals surface area contributed by atoms with Gasteiger partial charge in [0.05, 0.1) is 6.04 Å². The number of benzene rings is 2. The van der Waals surface area contributed by atoms with Gasteiger partial charge in [0.2, 0.25) is 0 Å². The molecule has 3 rings (SSSR count). The summed E-state index contributed by atoms with van der Waals surface area (Å²) in [5.41, 5.74) is 1.81. The summed E-state index contributed by atoms with van der Waals surface area (Å²) in [5.74, 6) is 0.831. The summed E-state index contributed by atoms with van der Waals surface area (Å²) in [5, 5.41) is 2.96. The molecule has 6 nitrogen and oxygen atoms in total. The highest BCUT2D eigenvalue weighted by atomic mass is 16.6. The van der Waals surface area contributed by atoms with Gasteiger partial charge in [-0.3, -0.25) is 4.79 Å². The summed E-state index contributed by atoms with van der Waals surface area (Å²) in [6.45, 7) is 4.90. The van der Waals surface area contributed by atoms with E-state index < -0.39 is 5.97 Å². The highest BCUT2D eigenvalue weighted by Crippen LogP contribution is 2.31. The van der Waals surface area contributed by atoms with E-state index in [1.807, 2.05) is 36.4 Å². The first kappa shape index (κ1) is 21.4. The molecule has 1 aliphatic rings. The maximum atomic E-state index is 12.3.